The topological polar surface area (TPSA) is 31.6 Å². The summed E-state index contributed by atoms with van der Waals surface area (Å²) in [6.07, 6.45) is 9.26. The standard InChI is InChI=1S/C23H33N3OS/c1-2-20-11-5-6-13-22(20)24-23(28)26(19-21-12-9-18-27-21)17-10-16-25-14-7-3-4-8-15-25/h5-6,9,11-13,18H,2-4,7-8,10,14-17,19H2,1H3,(H,24,28). The van der Waals surface area contributed by atoms with Crippen molar-refractivity contribution in [2.45, 2.75) is 52.0 Å². The van der Waals surface area contributed by atoms with Gasteiger partial charge in [-0.15, -0.1) is 0 Å². The van der Waals surface area contributed by atoms with Crippen molar-refractivity contribution in [3.05, 3.63) is 54.0 Å². The summed E-state index contributed by atoms with van der Waals surface area (Å²) in [6, 6.07) is 12.3. The fourth-order valence-electron chi connectivity index (χ4n) is 3.83. The molecule has 1 saturated heterocycles. The predicted octanol–water partition coefficient (Wildman–Crippen LogP) is 5.31. The van der Waals surface area contributed by atoms with Crippen molar-refractivity contribution < 1.29 is 4.42 Å². The summed E-state index contributed by atoms with van der Waals surface area (Å²) in [7, 11) is 0. The zero-order chi connectivity index (χ0) is 19.6. The Kier molecular flexibility index (Phi) is 8.37. The zero-order valence-corrected chi connectivity index (χ0v) is 17.8. The summed E-state index contributed by atoms with van der Waals surface area (Å²) in [6.45, 7) is 7.42. The van der Waals surface area contributed by atoms with Crippen molar-refractivity contribution >= 4 is 23.0 Å². The Morgan fingerprint density at radius 2 is 1.89 bits per heavy atom. The molecule has 0 saturated carbocycles. The van der Waals surface area contributed by atoms with Crippen molar-refractivity contribution in [2.24, 2.45) is 0 Å². The van der Waals surface area contributed by atoms with Gasteiger partial charge in [0, 0.05) is 12.2 Å². The molecule has 1 aromatic heterocycles. The van der Waals surface area contributed by atoms with Crippen LogP contribution in [-0.2, 0) is 13.0 Å². The van der Waals surface area contributed by atoms with Gasteiger partial charge in [-0.3, -0.25) is 0 Å². The molecule has 2 aromatic rings. The molecule has 0 amide bonds. The average Bonchev–Trinajstić information content (AvgIpc) is 3.09. The molecular weight excluding hydrogens is 366 g/mol. The van der Waals surface area contributed by atoms with Crippen LogP contribution in [-0.4, -0.2) is 41.1 Å². The first-order valence-corrected chi connectivity index (χ1v) is 11.1. The second-order valence-corrected chi connectivity index (χ2v) is 7.94. The van der Waals surface area contributed by atoms with Gasteiger partial charge in [-0.05, 0) is 81.3 Å². The van der Waals surface area contributed by atoms with E-state index < -0.39 is 0 Å². The van der Waals surface area contributed by atoms with Crippen molar-refractivity contribution in [1.29, 1.82) is 0 Å². The Hall–Kier alpha value is -1.85. The van der Waals surface area contributed by atoms with E-state index in [0.717, 1.165) is 42.5 Å². The third kappa shape index (κ3) is 6.35. The number of benzene rings is 1. The first-order valence-electron chi connectivity index (χ1n) is 10.6. The molecule has 0 unspecified atom stereocenters. The van der Waals surface area contributed by atoms with E-state index in [1.54, 1.807) is 6.26 Å². The first-order chi connectivity index (χ1) is 13.8. The van der Waals surface area contributed by atoms with Crippen LogP contribution >= 0.6 is 12.2 Å². The van der Waals surface area contributed by atoms with Crippen LogP contribution in [0.3, 0.4) is 0 Å². The third-order valence-corrected chi connectivity index (χ3v) is 5.82. The van der Waals surface area contributed by atoms with Crippen molar-refractivity contribution in [3.8, 4) is 0 Å². The highest BCUT2D eigenvalue weighted by Gasteiger charge is 2.15. The van der Waals surface area contributed by atoms with E-state index in [9.17, 15) is 0 Å². The molecule has 0 bridgehead atoms. The molecule has 28 heavy (non-hydrogen) atoms. The molecule has 1 N–H and O–H groups in total. The molecule has 1 aromatic carbocycles. The summed E-state index contributed by atoms with van der Waals surface area (Å²) in [4.78, 5) is 4.85. The molecule has 3 rings (SSSR count). The fraction of sp³-hybridized carbons (Fsp3) is 0.522. The number of para-hydroxylation sites is 1. The van der Waals surface area contributed by atoms with E-state index in [-0.39, 0.29) is 0 Å². The normalized spacial score (nSPS) is 15.2. The molecule has 0 aliphatic carbocycles. The van der Waals surface area contributed by atoms with Gasteiger partial charge in [0.25, 0.3) is 0 Å². The van der Waals surface area contributed by atoms with E-state index in [1.165, 1.54) is 44.3 Å². The van der Waals surface area contributed by atoms with E-state index in [0.29, 0.717) is 6.54 Å². The highest BCUT2D eigenvalue weighted by atomic mass is 32.1. The molecule has 4 nitrogen and oxygen atoms in total. The monoisotopic (exact) mass is 399 g/mol. The summed E-state index contributed by atoms with van der Waals surface area (Å²) in [5, 5.41) is 4.25. The van der Waals surface area contributed by atoms with Crippen LogP contribution in [0.1, 0.15) is 50.4 Å². The van der Waals surface area contributed by atoms with Crippen molar-refractivity contribution in [2.75, 3.05) is 31.5 Å². The molecule has 1 fully saturated rings. The Morgan fingerprint density at radius 1 is 1.11 bits per heavy atom. The minimum absolute atomic E-state index is 0.702. The molecule has 0 radical (unpaired) electrons. The Balaban J connectivity index is 1.59. The van der Waals surface area contributed by atoms with Gasteiger partial charge in [-0.1, -0.05) is 38.0 Å². The highest BCUT2D eigenvalue weighted by molar-refractivity contribution is 7.80. The first kappa shape index (κ1) is 20.9. The number of thiocarbonyl (C=S) groups is 1. The van der Waals surface area contributed by atoms with Gasteiger partial charge < -0.3 is 19.5 Å². The average molecular weight is 400 g/mol. The van der Waals surface area contributed by atoms with Crippen LogP contribution in [0, 0.1) is 0 Å². The van der Waals surface area contributed by atoms with Crippen LogP contribution in [0.5, 0.6) is 0 Å². The molecule has 2 heterocycles. The SMILES string of the molecule is CCc1ccccc1NC(=S)N(CCCN1CCCCCC1)Cc1ccco1. The third-order valence-electron chi connectivity index (χ3n) is 5.45. The van der Waals surface area contributed by atoms with Crippen LogP contribution in [0.25, 0.3) is 0 Å². The molecule has 1 aliphatic rings. The smallest absolute Gasteiger partial charge is 0.173 e. The van der Waals surface area contributed by atoms with Crippen molar-refractivity contribution in [1.82, 2.24) is 9.80 Å². The number of furan rings is 1. The predicted molar refractivity (Wildman–Crippen MR) is 121 cm³/mol. The lowest BCUT2D eigenvalue weighted by Gasteiger charge is -2.27. The number of rotatable bonds is 8. The molecule has 5 heteroatoms. The number of hydrogen-bond donors (Lipinski definition) is 1. The van der Waals surface area contributed by atoms with E-state index >= 15 is 0 Å². The number of likely N-dealkylation sites (tertiary alicyclic amines) is 1. The molecule has 1 aliphatic heterocycles. The second kappa shape index (κ2) is 11.2. The maximum Gasteiger partial charge on any atom is 0.173 e. The van der Waals surface area contributed by atoms with Crippen LogP contribution in [0.2, 0.25) is 0 Å². The summed E-state index contributed by atoms with van der Waals surface area (Å²) < 4.78 is 5.58. The second-order valence-electron chi connectivity index (χ2n) is 7.55. The lowest BCUT2D eigenvalue weighted by Crippen LogP contribution is -2.37. The number of aryl methyl sites for hydroxylation is 1. The zero-order valence-electron chi connectivity index (χ0n) is 17.0. The van der Waals surface area contributed by atoms with Crippen LogP contribution in [0.15, 0.2) is 47.1 Å². The lowest BCUT2D eigenvalue weighted by molar-refractivity contribution is 0.262. The number of anilines is 1. The summed E-state index contributed by atoms with van der Waals surface area (Å²) in [5.74, 6) is 0.947. The Morgan fingerprint density at radius 3 is 2.61 bits per heavy atom. The van der Waals surface area contributed by atoms with Gasteiger partial charge >= 0.3 is 0 Å². The highest BCUT2D eigenvalue weighted by Crippen LogP contribution is 2.17. The number of hydrogen-bond acceptors (Lipinski definition) is 3. The Labute approximate surface area is 174 Å². The minimum atomic E-state index is 0.702. The van der Waals surface area contributed by atoms with E-state index in [2.05, 4.69) is 46.3 Å². The van der Waals surface area contributed by atoms with Gasteiger partial charge in [0.1, 0.15) is 5.76 Å². The molecule has 152 valence electrons. The van der Waals surface area contributed by atoms with Crippen LogP contribution in [0.4, 0.5) is 5.69 Å². The fourth-order valence-corrected chi connectivity index (χ4v) is 4.10. The molecule has 0 atom stereocenters. The quantitative estimate of drug-likeness (QED) is 0.608. The van der Waals surface area contributed by atoms with Gasteiger partial charge in [-0.2, -0.15) is 0 Å². The maximum atomic E-state index is 5.79. The number of nitrogens with one attached hydrogen (secondary N) is 1. The van der Waals surface area contributed by atoms with E-state index in [1.807, 2.05) is 12.1 Å². The number of nitrogens with zero attached hydrogens (tertiary/aromatic N) is 2. The van der Waals surface area contributed by atoms with Crippen molar-refractivity contribution in [3.63, 3.8) is 0 Å². The molecule has 0 spiro atoms. The van der Waals surface area contributed by atoms with Crippen LogP contribution < -0.4 is 5.32 Å². The van der Waals surface area contributed by atoms with Gasteiger partial charge in [0.05, 0.1) is 12.8 Å². The maximum absolute atomic E-state index is 5.79. The minimum Gasteiger partial charge on any atom is -0.467 e. The summed E-state index contributed by atoms with van der Waals surface area (Å²) in [5.41, 5.74) is 2.39. The molecular formula is C23H33N3OS. The largest absolute Gasteiger partial charge is 0.467 e. The lowest BCUT2D eigenvalue weighted by atomic mass is 10.1. The Bertz CT molecular complexity index is 708. The van der Waals surface area contributed by atoms with Gasteiger partial charge in [0.2, 0.25) is 0 Å². The van der Waals surface area contributed by atoms with Gasteiger partial charge in [-0.25, -0.2) is 0 Å². The van der Waals surface area contributed by atoms with E-state index in [4.69, 9.17) is 16.6 Å². The van der Waals surface area contributed by atoms with Gasteiger partial charge in [0.15, 0.2) is 5.11 Å². The summed E-state index contributed by atoms with van der Waals surface area (Å²) >= 11 is 5.79.